The fourth-order valence-electron chi connectivity index (χ4n) is 3.01. The normalized spacial score (nSPS) is 13.0. The largest absolute Gasteiger partial charge is 0.536 e. The Labute approximate surface area is 131 Å². The van der Waals surface area contributed by atoms with Gasteiger partial charge < -0.3 is 9.47 Å². The topological polar surface area (TPSA) is 12.5 Å². The maximum atomic E-state index is 6.27. The van der Waals surface area contributed by atoms with Gasteiger partial charge in [0.15, 0.2) is 0 Å². The quantitative estimate of drug-likeness (QED) is 0.662. The molecule has 0 unspecified atom stereocenters. The average molecular weight is 285 g/mol. The molecule has 0 saturated carbocycles. The zero-order valence-corrected chi connectivity index (χ0v) is 12.4. The van der Waals surface area contributed by atoms with Gasteiger partial charge in [0.05, 0.1) is 5.69 Å². The van der Waals surface area contributed by atoms with Crippen LogP contribution in [0.25, 0.3) is 0 Å². The summed E-state index contributed by atoms with van der Waals surface area (Å²) in [6.45, 7) is 2.13. The van der Waals surface area contributed by atoms with Crippen molar-refractivity contribution in [3.05, 3.63) is 84.4 Å². The molecule has 3 aromatic rings. The van der Waals surface area contributed by atoms with Crippen LogP contribution in [-0.2, 0) is 0 Å². The lowest BCUT2D eigenvalue weighted by Crippen LogP contribution is -2.47. The second kappa shape index (κ2) is 5.26. The van der Waals surface area contributed by atoms with Crippen molar-refractivity contribution in [1.29, 1.82) is 0 Å². The SMILES string of the molecule is Cc1cccc2c1N(c1ccccc1)B(c1ccccc1)O2. The Hall–Kier alpha value is -2.68. The second-order valence-corrected chi connectivity index (χ2v) is 5.51. The van der Waals surface area contributed by atoms with Crippen LogP contribution in [0.1, 0.15) is 5.56 Å². The first kappa shape index (κ1) is 13.0. The van der Waals surface area contributed by atoms with Gasteiger partial charge in [-0.3, -0.25) is 0 Å². The van der Waals surface area contributed by atoms with Crippen LogP contribution >= 0.6 is 0 Å². The van der Waals surface area contributed by atoms with E-state index in [-0.39, 0.29) is 7.05 Å². The first-order valence-electron chi connectivity index (χ1n) is 7.50. The summed E-state index contributed by atoms with van der Waals surface area (Å²) in [5, 5.41) is 0. The Morgan fingerprint density at radius 3 is 2.18 bits per heavy atom. The minimum atomic E-state index is -0.125. The summed E-state index contributed by atoms with van der Waals surface area (Å²) in [6.07, 6.45) is 0. The highest BCUT2D eigenvalue weighted by Gasteiger charge is 2.40. The van der Waals surface area contributed by atoms with Crippen molar-refractivity contribution in [1.82, 2.24) is 0 Å². The Morgan fingerprint density at radius 1 is 0.773 bits per heavy atom. The van der Waals surface area contributed by atoms with Gasteiger partial charge in [-0.25, -0.2) is 0 Å². The van der Waals surface area contributed by atoms with E-state index < -0.39 is 0 Å². The molecule has 3 heteroatoms. The van der Waals surface area contributed by atoms with Crippen LogP contribution < -0.4 is 14.9 Å². The summed E-state index contributed by atoms with van der Waals surface area (Å²) < 4.78 is 6.27. The fraction of sp³-hybridized carbons (Fsp3) is 0.0526. The summed E-state index contributed by atoms with van der Waals surface area (Å²) in [7, 11) is -0.125. The van der Waals surface area contributed by atoms with Crippen LogP contribution in [0.3, 0.4) is 0 Å². The minimum Gasteiger partial charge on any atom is -0.536 e. The van der Waals surface area contributed by atoms with E-state index in [4.69, 9.17) is 4.65 Å². The lowest BCUT2D eigenvalue weighted by molar-refractivity contribution is 0.603. The van der Waals surface area contributed by atoms with Crippen molar-refractivity contribution >= 4 is 23.9 Å². The van der Waals surface area contributed by atoms with Gasteiger partial charge in [-0.05, 0) is 36.1 Å². The molecule has 22 heavy (non-hydrogen) atoms. The minimum absolute atomic E-state index is 0.125. The summed E-state index contributed by atoms with van der Waals surface area (Å²) in [5.41, 5.74) is 4.67. The highest BCUT2D eigenvalue weighted by atomic mass is 16.5. The molecule has 1 aliphatic heterocycles. The summed E-state index contributed by atoms with van der Waals surface area (Å²) in [6, 6.07) is 27.0. The third-order valence-corrected chi connectivity index (χ3v) is 4.03. The monoisotopic (exact) mass is 285 g/mol. The molecule has 0 spiro atoms. The summed E-state index contributed by atoms with van der Waals surface area (Å²) in [5.74, 6) is 0.942. The second-order valence-electron chi connectivity index (χ2n) is 5.51. The molecular formula is C19H16BNO. The van der Waals surface area contributed by atoms with Gasteiger partial charge in [0.1, 0.15) is 5.75 Å². The summed E-state index contributed by atoms with van der Waals surface area (Å²) >= 11 is 0. The van der Waals surface area contributed by atoms with Crippen molar-refractivity contribution < 1.29 is 4.65 Å². The molecule has 0 aromatic heterocycles. The predicted octanol–water partition coefficient (Wildman–Crippen LogP) is 3.92. The van der Waals surface area contributed by atoms with Crippen LogP contribution in [-0.4, -0.2) is 7.05 Å². The maximum absolute atomic E-state index is 6.27. The molecule has 0 radical (unpaired) electrons. The van der Waals surface area contributed by atoms with E-state index in [1.54, 1.807) is 0 Å². The Kier molecular flexibility index (Phi) is 3.12. The van der Waals surface area contributed by atoms with Gasteiger partial charge >= 0.3 is 7.05 Å². The molecule has 0 atom stereocenters. The van der Waals surface area contributed by atoms with Crippen LogP contribution in [0.15, 0.2) is 78.9 Å². The molecule has 1 heterocycles. The average Bonchev–Trinajstić information content (AvgIpc) is 2.97. The first-order chi connectivity index (χ1) is 10.8. The molecule has 0 amide bonds. The van der Waals surface area contributed by atoms with Crippen LogP contribution in [0.4, 0.5) is 11.4 Å². The van der Waals surface area contributed by atoms with Gasteiger partial charge in [0.25, 0.3) is 0 Å². The van der Waals surface area contributed by atoms with E-state index in [2.05, 4.69) is 66.3 Å². The van der Waals surface area contributed by atoms with Crippen LogP contribution in [0.2, 0.25) is 0 Å². The molecule has 2 nitrogen and oxygen atoms in total. The lowest BCUT2D eigenvalue weighted by atomic mass is 9.71. The van der Waals surface area contributed by atoms with E-state index in [0.29, 0.717) is 0 Å². The Morgan fingerprint density at radius 2 is 1.45 bits per heavy atom. The molecule has 0 bridgehead atoms. The van der Waals surface area contributed by atoms with Gasteiger partial charge in [0.2, 0.25) is 0 Å². The zero-order valence-electron chi connectivity index (χ0n) is 12.4. The maximum Gasteiger partial charge on any atom is 0.524 e. The van der Waals surface area contributed by atoms with Crippen LogP contribution in [0, 0.1) is 6.92 Å². The molecule has 1 aliphatic rings. The number of anilines is 2. The highest BCUT2D eigenvalue weighted by Crippen LogP contribution is 2.42. The Bertz CT molecular complexity index is 789. The van der Waals surface area contributed by atoms with E-state index in [1.807, 2.05) is 24.3 Å². The number of para-hydroxylation sites is 2. The zero-order chi connectivity index (χ0) is 14.9. The molecule has 0 saturated heterocycles. The highest BCUT2D eigenvalue weighted by molar-refractivity contribution is 6.74. The van der Waals surface area contributed by atoms with E-state index in [1.165, 1.54) is 5.56 Å². The van der Waals surface area contributed by atoms with Crippen molar-refractivity contribution in [2.75, 3.05) is 4.81 Å². The lowest BCUT2D eigenvalue weighted by Gasteiger charge is -2.23. The number of hydrogen-bond acceptors (Lipinski definition) is 2. The van der Waals surface area contributed by atoms with Crippen LogP contribution in [0.5, 0.6) is 5.75 Å². The Balaban J connectivity index is 1.89. The molecule has 0 N–H and O–H groups in total. The number of fused-ring (bicyclic) bond motifs is 1. The molecule has 0 aliphatic carbocycles. The van der Waals surface area contributed by atoms with Crippen molar-refractivity contribution in [2.24, 2.45) is 0 Å². The standard InChI is InChI=1S/C19H16BNO/c1-15-9-8-14-18-19(15)21(17-12-6-3-7-13-17)20(22-18)16-10-4-2-5-11-16/h2-14H,1H3. The predicted molar refractivity (Wildman–Crippen MR) is 92.2 cm³/mol. The molecule has 106 valence electrons. The fourth-order valence-corrected chi connectivity index (χ4v) is 3.01. The number of nitrogens with zero attached hydrogens (tertiary/aromatic N) is 1. The number of aryl methyl sites for hydroxylation is 1. The third-order valence-electron chi connectivity index (χ3n) is 4.03. The van der Waals surface area contributed by atoms with Gasteiger partial charge in [-0.1, -0.05) is 60.7 Å². The van der Waals surface area contributed by atoms with E-state index in [9.17, 15) is 0 Å². The van der Waals surface area contributed by atoms with E-state index in [0.717, 1.165) is 22.6 Å². The van der Waals surface area contributed by atoms with Gasteiger partial charge in [-0.2, -0.15) is 0 Å². The first-order valence-corrected chi connectivity index (χ1v) is 7.50. The van der Waals surface area contributed by atoms with Gasteiger partial charge in [0, 0.05) is 5.69 Å². The number of hydrogen-bond donors (Lipinski definition) is 0. The molecule has 3 aromatic carbocycles. The summed E-state index contributed by atoms with van der Waals surface area (Å²) in [4.78, 5) is 2.28. The number of rotatable bonds is 2. The van der Waals surface area contributed by atoms with Crippen molar-refractivity contribution in [3.8, 4) is 5.75 Å². The number of benzene rings is 3. The van der Waals surface area contributed by atoms with E-state index >= 15 is 0 Å². The molecule has 4 rings (SSSR count). The van der Waals surface area contributed by atoms with Crippen molar-refractivity contribution in [3.63, 3.8) is 0 Å². The third kappa shape index (κ3) is 2.06. The smallest absolute Gasteiger partial charge is 0.524 e. The van der Waals surface area contributed by atoms with Crippen molar-refractivity contribution in [2.45, 2.75) is 6.92 Å². The molecule has 0 fully saturated rings. The van der Waals surface area contributed by atoms with Gasteiger partial charge in [-0.15, -0.1) is 0 Å². The molecular weight excluding hydrogens is 269 g/mol.